The predicted octanol–water partition coefficient (Wildman–Crippen LogP) is 5.17. The van der Waals surface area contributed by atoms with Crippen LogP contribution in [0.5, 0.6) is 0 Å². The number of nitrogens with one attached hydrogen (secondary N) is 1. The van der Waals surface area contributed by atoms with Gasteiger partial charge in [0.05, 0.1) is 17.5 Å². The largest absolute Gasteiger partial charge is 0.416 e. The standard InChI is InChI=1S/C27H24F5N3O/c28-20-5-7-22(8-6-20)34-10-11-35-24-9-4-19(27(30,31)32)13-18(24)14-23(25(35)16-34)26(36)33-15-17-2-1-3-21(29)12-17/h1-9,12-13,23,25H,10-11,14-16H2,(H,33,36)/t23-,25-/m1/s1. The van der Waals surface area contributed by atoms with Gasteiger partial charge in [-0.25, -0.2) is 8.78 Å². The van der Waals surface area contributed by atoms with Crippen molar-refractivity contribution in [3.05, 3.63) is 95.1 Å². The average Bonchev–Trinajstić information content (AvgIpc) is 2.86. The minimum absolute atomic E-state index is 0.108. The summed E-state index contributed by atoms with van der Waals surface area (Å²) in [6, 6.07) is 15.4. The maximum atomic E-state index is 13.6. The maximum Gasteiger partial charge on any atom is 0.416 e. The van der Waals surface area contributed by atoms with E-state index in [0.29, 0.717) is 36.4 Å². The third kappa shape index (κ3) is 4.87. The molecule has 2 atom stereocenters. The normalized spacial score (nSPS) is 19.5. The van der Waals surface area contributed by atoms with Gasteiger partial charge >= 0.3 is 6.18 Å². The van der Waals surface area contributed by atoms with Crippen molar-refractivity contribution in [2.75, 3.05) is 29.4 Å². The number of benzene rings is 3. The molecule has 0 aromatic heterocycles. The van der Waals surface area contributed by atoms with Crippen LogP contribution < -0.4 is 15.1 Å². The Morgan fingerprint density at radius 3 is 2.44 bits per heavy atom. The second-order valence-corrected chi connectivity index (χ2v) is 9.18. The number of hydrogen-bond acceptors (Lipinski definition) is 3. The number of anilines is 2. The zero-order valence-electron chi connectivity index (χ0n) is 19.2. The van der Waals surface area contributed by atoms with Gasteiger partial charge in [-0.15, -0.1) is 0 Å². The van der Waals surface area contributed by atoms with E-state index >= 15 is 0 Å². The van der Waals surface area contributed by atoms with E-state index in [4.69, 9.17) is 0 Å². The highest BCUT2D eigenvalue weighted by Gasteiger charge is 2.42. The number of piperazine rings is 1. The number of amides is 1. The van der Waals surface area contributed by atoms with E-state index in [2.05, 4.69) is 10.2 Å². The van der Waals surface area contributed by atoms with Crippen LogP contribution in [0.25, 0.3) is 0 Å². The molecule has 1 N–H and O–H groups in total. The zero-order chi connectivity index (χ0) is 25.4. The summed E-state index contributed by atoms with van der Waals surface area (Å²) < 4.78 is 67.2. The Labute approximate surface area is 205 Å². The van der Waals surface area contributed by atoms with Gasteiger partial charge in [0.2, 0.25) is 5.91 Å². The van der Waals surface area contributed by atoms with E-state index in [1.165, 1.54) is 30.3 Å². The number of nitrogens with zero attached hydrogens (tertiary/aromatic N) is 2. The van der Waals surface area contributed by atoms with Crippen LogP contribution in [0.1, 0.15) is 16.7 Å². The zero-order valence-corrected chi connectivity index (χ0v) is 19.2. The molecule has 4 nitrogen and oxygen atoms in total. The van der Waals surface area contributed by atoms with Crippen molar-refractivity contribution in [2.45, 2.75) is 25.2 Å². The molecule has 2 aliphatic rings. The van der Waals surface area contributed by atoms with Gasteiger partial charge in [-0.1, -0.05) is 12.1 Å². The molecular formula is C27H24F5N3O. The van der Waals surface area contributed by atoms with Crippen LogP contribution in [0.4, 0.5) is 33.3 Å². The van der Waals surface area contributed by atoms with Crippen LogP contribution in [0.3, 0.4) is 0 Å². The molecule has 36 heavy (non-hydrogen) atoms. The molecule has 0 saturated carbocycles. The summed E-state index contributed by atoms with van der Waals surface area (Å²) in [6.45, 7) is 1.62. The van der Waals surface area contributed by atoms with E-state index in [-0.39, 0.29) is 30.7 Å². The fourth-order valence-corrected chi connectivity index (χ4v) is 5.15. The van der Waals surface area contributed by atoms with Gasteiger partial charge < -0.3 is 15.1 Å². The molecule has 1 amide bonds. The first kappa shape index (κ1) is 24.1. The van der Waals surface area contributed by atoms with Crippen molar-refractivity contribution < 1.29 is 26.7 Å². The molecule has 0 bridgehead atoms. The number of fused-ring (bicyclic) bond motifs is 3. The Hall–Kier alpha value is -3.62. The van der Waals surface area contributed by atoms with Crippen molar-refractivity contribution in [3.8, 4) is 0 Å². The summed E-state index contributed by atoms with van der Waals surface area (Å²) in [6.07, 6.45) is -4.34. The number of alkyl halides is 3. The van der Waals surface area contributed by atoms with Crippen LogP contribution in [-0.2, 0) is 23.9 Å². The molecule has 5 rings (SSSR count). The third-order valence-electron chi connectivity index (χ3n) is 6.92. The van der Waals surface area contributed by atoms with E-state index < -0.39 is 23.5 Å². The quantitative estimate of drug-likeness (QED) is 0.502. The van der Waals surface area contributed by atoms with Crippen LogP contribution >= 0.6 is 0 Å². The highest BCUT2D eigenvalue weighted by Crippen LogP contribution is 2.40. The second kappa shape index (κ2) is 9.44. The first-order valence-electron chi connectivity index (χ1n) is 11.7. The number of hydrogen-bond donors (Lipinski definition) is 1. The van der Waals surface area contributed by atoms with E-state index in [0.717, 1.165) is 17.8 Å². The Morgan fingerprint density at radius 2 is 1.72 bits per heavy atom. The lowest BCUT2D eigenvalue weighted by atomic mass is 9.82. The highest BCUT2D eigenvalue weighted by molar-refractivity contribution is 5.82. The summed E-state index contributed by atoms with van der Waals surface area (Å²) in [4.78, 5) is 17.4. The highest BCUT2D eigenvalue weighted by atomic mass is 19.4. The lowest BCUT2D eigenvalue weighted by Gasteiger charge is -2.49. The lowest BCUT2D eigenvalue weighted by Crippen LogP contribution is -2.61. The molecule has 0 aliphatic carbocycles. The van der Waals surface area contributed by atoms with Crippen LogP contribution in [0.2, 0.25) is 0 Å². The average molecular weight is 501 g/mol. The molecule has 188 valence electrons. The van der Waals surface area contributed by atoms with Crippen molar-refractivity contribution in [1.29, 1.82) is 0 Å². The number of rotatable bonds is 4. The van der Waals surface area contributed by atoms with Crippen molar-refractivity contribution >= 4 is 17.3 Å². The van der Waals surface area contributed by atoms with Gasteiger partial charge in [0.15, 0.2) is 0 Å². The number of carbonyl (C=O) groups excluding carboxylic acids is 1. The Morgan fingerprint density at radius 1 is 0.944 bits per heavy atom. The molecule has 1 saturated heterocycles. The monoisotopic (exact) mass is 501 g/mol. The van der Waals surface area contributed by atoms with Crippen LogP contribution in [-0.4, -0.2) is 31.6 Å². The predicted molar refractivity (Wildman–Crippen MR) is 127 cm³/mol. The molecule has 3 aromatic rings. The Bertz CT molecular complexity index is 1260. The van der Waals surface area contributed by atoms with Crippen molar-refractivity contribution in [2.24, 2.45) is 5.92 Å². The lowest BCUT2D eigenvalue weighted by molar-refractivity contribution is -0.137. The smallest absolute Gasteiger partial charge is 0.368 e. The fraction of sp³-hybridized carbons (Fsp3) is 0.296. The molecule has 0 spiro atoms. The van der Waals surface area contributed by atoms with E-state index in [1.807, 2.05) is 4.90 Å². The molecule has 9 heteroatoms. The Kier molecular flexibility index (Phi) is 6.32. The number of halogens is 5. The summed E-state index contributed by atoms with van der Waals surface area (Å²) in [5, 5.41) is 2.84. The second-order valence-electron chi connectivity index (χ2n) is 9.18. The van der Waals surface area contributed by atoms with Crippen molar-refractivity contribution in [1.82, 2.24) is 5.32 Å². The molecule has 3 aromatic carbocycles. The van der Waals surface area contributed by atoms with Gasteiger partial charge in [-0.05, 0) is 72.1 Å². The molecule has 1 fully saturated rings. The van der Waals surface area contributed by atoms with Gasteiger partial charge in [-0.2, -0.15) is 13.2 Å². The van der Waals surface area contributed by atoms with Gasteiger partial charge in [0.25, 0.3) is 0 Å². The minimum Gasteiger partial charge on any atom is -0.368 e. The first-order chi connectivity index (χ1) is 17.2. The molecule has 2 aliphatic heterocycles. The SMILES string of the molecule is O=C(NCc1cccc(F)c1)[C@@H]1Cc2cc(C(F)(F)F)ccc2N2CCN(c3ccc(F)cc3)C[C@H]12. The first-order valence-corrected chi connectivity index (χ1v) is 11.7. The molecule has 0 radical (unpaired) electrons. The maximum absolute atomic E-state index is 13.6. The van der Waals surface area contributed by atoms with Crippen molar-refractivity contribution in [3.63, 3.8) is 0 Å². The topological polar surface area (TPSA) is 35.6 Å². The summed E-state index contributed by atoms with van der Waals surface area (Å²) in [5.41, 5.74) is 1.83. The van der Waals surface area contributed by atoms with Crippen LogP contribution in [0.15, 0.2) is 66.7 Å². The van der Waals surface area contributed by atoms with Crippen LogP contribution in [0, 0.1) is 17.6 Å². The van der Waals surface area contributed by atoms with Gasteiger partial charge in [-0.3, -0.25) is 4.79 Å². The third-order valence-corrected chi connectivity index (χ3v) is 6.92. The fourth-order valence-electron chi connectivity index (χ4n) is 5.15. The van der Waals surface area contributed by atoms with Gasteiger partial charge in [0.1, 0.15) is 11.6 Å². The van der Waals surface area contributed by atoms with E-state index in [1.54, 1.807) is 24.3 Å². The Balaban J connectivity index is 1.44. The van der Waals surface area contributed by atoms with Gasteiger partial charge in [0, 0.05) is 37.6 Å². The molecule has 2 heterocycles. The minimum atomic E-state index is -4.48. The molecular weight excluding hydrogens is 477 g/mol. The number of carbonyl (C=O) groups is 1. The summed E-state index contributed by atoms with van der Waals surface area (Å²) >= 11 is 0. The summed E-state index contributed by atoms with van der Waals surface area (Å²) in [5.74, 6) is -1.70. The molecule has 0 unspecified atom stereocenters. The summed E-state index contributed by atoms with van der Waals surface area (Å²) in [7, 11) is 0. The van der Waals surface area contributed by atoms with E-state index in [9.17, 15) is 26.7 Å².